The third kappa shape index (κ3) is 2.05. The Morgan fingerprint density at radius 2 is 2.40 bits per heavy atom. The summed E-state index contributed by atoms with van der Waals surface area (Å²) in [7, 11) is 0. The maximum absolute atomic E-state index is 11.1. The van der Waals surface area contributed by atoms with Crippen LogP contribution in [0.3, 0.4) is 0 Å². The van der Waals surface area contributed by atoms with E-state index in [2.05, 4.69) is 5.32 Å². The number of hydrogen-bond donors (Lipinski definition) is 1. The molecule has 0 fully saturated rings. The average Bonchev–Trinajstić information content (AvgIpc) is 2.57. The van der Waals surface area contributed by atoms with Gasteiger partial charge >= 0.3 is 0 Å². The summed E-state index contributed by atoms with van der Waals surface area (Å²) in [5, 5.41) is 11.2. The van der Waals surface area contributed by atoms with E-state index >= 15 is 0 Å². The summed E-state index contributed by atoms with van der Waals surface area (Å²) < 4.78 is 0. The molecule has 1 N–H and O–H groups in total. The first kappa shape index (κ1) is 9.47. The van der Waals surface area contributed by atoms with Gasteiger partial charge in [0, 0.05) is 5.69 Å². The summed E-state index contributed by atoms with van der Waals surface area (Å²) in [6.45, 7) is 0. The zero-order valence-electron chi connectivity index (χ0n) is 8.16. The van der Waals surface area contributed by atoms with Crippen LogP contribution >= 0.6 is 0 Å². The van der Waals surface area contributed by atoms with E-state index in [1.54, 1.807) is 6.08 Å². The van der Waals surface area contributed by atoms with Gasteiger partial charge in [0.1, 0.15) is 0 Å². The van der Waals surface area contributed by atoms with Crippen LogP contribution in [-0.4, -0.2) is 5.91 Å². The predicted octanol–water partition coefficient (Wildman–Crippen LogP) is 2.11. The summed E-state index contributed by atoms with van der Waals surface area (Å²) in [6.07, 6.45) is 4.56. The van der Waals surface area contributed by atoms with Crippen molar-refractivity contribution in [1.29, 1.82) is 5.26 Å². The fourth-order valence-electron chi connectivity index (χ4n) is 1.58. The molecule has 0 bridgehead atoms. The average molecular weight is 198 g/mol. The van der Waals surface area contributed by atoms with E-state index in [0.717, 1.165) is 16.8 Å². The highest BCUT2D eigenvalue weighted by Gasteiger charge is 2.16. The van der Waals surface area contributed by atoms with Gasteiger partial charge in [-0.2, -0.15) is 5.26 Å². The third-order valence-electron chi connectivity index (χ3n) is 2.28. The lowest BCUT2D eigenvalue weighted by Crippen LogP contribution is -2.03. The largest absolute Gasteiger partial charge is 0.326 e. The van der Waals surface area contributed by atoms with Crippen molar-refractivity contribution in [3.63, 3.8) is 0 Å². The monoisotopic (exact) mass is 198 g/mol. The minimum Gasteiger partial charge on any atom is -0.326 e. The number of fused-ring (bicyclic) bond motifs is 1. The number of nitriles is 1. The van der Waals surface area contributed by atoms with Crippen LogP contribution in [0.25, 0.3) is 6.08 Å². The smallest absolute Gasteiger partial charge is 0.228 e. The molecule has 1 aliphatic rings. The number of allylic oxidation sites excluding steroid dienone is 1. The highest BCUT2D eigenvalue weighted by Crippen LogP contribution is 2.24. The van der Waals surface area contributed by atoms with E-state index < -0.39 is 0 Å². The van der Waals surface area contributed by atoms with Crippen molar-refractivity contribution in [2.24, 2.45) is 0 Å². The van der Waals surface area contributed by atoms with E-state index in [0.29, 0.717) is 12.8 Å². The molecular formula is C12H10N2O. The molecule has 1 aliphatic heterocycles. The zero-order chi connectivity index (χ0) is 10.7. The molecule has 0 aliphatic carbocycles. The highest BCUT2D eigenvalue weighted by molar-refractivity contribution is 5.99. The van der Waals surface area contributed by atoms with Crippen LogP contribution in [0, 0.1) is 11.3 Å². The maximum Gasteiger partial charge on any atom is 0.228 e. The molecule has 1 aromatic carbocycles. The molecule has 0 unspecified atom stereocenters. The number of nitrogens with zero attached hydrogens (tertiary/aromatic N) is 1. The summed E-state index contributed by atoms with van der Waals surface area (Å²) in [5.41, 5.74) is 2.93. The van der Waals surface area contributed by atoms with Crippen LogP contribution in [0.1, 0.15) is 17.5 Å². The Balaban J connectivity index is 2.21. The van der Waals surface area contributed by atoms with E-state index in [4.69, 9.17) is 5.26 Å². The van der Waals surface area contributed by atoms with E-state index in [9.17, 15) is 4.79 Å². The third-order valence-corrected chi connectivity index (χ3v) is 2.28. The molecule has 0 saturated heterocycles. The first-order valence-corrected chi connectivity index (χ1v) is 4.76. The molecule has 0 aromatic heterocycles. The fraction of sp³-hybridized carbons (Fsp3) is 0.167. The maximum atomic E-state index is 11.1. The van der Waals surface area contributed by atoms with Gasteiger partial charge in [-0.15, -0.1) is 0 Å². The van der Waals surface area contributed by atoms with Crippen molar-refractivity contribution in [2.45, 2.75) is 12.8 Å². The van der Waals surface area contributed by atoms with E-state index in [1.807, 2.05) is 30.3 Å². The number of carbonyl (C=O) groups excluding carboxylic acids is 1. The lowest BCUT2D eigenvalue weighted by atomic mass is 10.1. The number of rotatable bonds is 2. The van der Waals surface area contributed by atoms with Crippen LogP contribution in [0.5, 0.6) is 0 Å². The number of hydrogen-bond acceptors (Lipinski definition) is 2. The summed E-state index contributed by atoms with van der Waals surface area (Å²) in [4.78, 5) is 11.1. The summed E-state index contributed by atoms with van der Waals surface area (Å²) in [6, 6.07) is 7.86. The van der Waals surface area contributed by atoms with Gasteiger partial charge in [0.2, 0.25) is 5.91 Å². The van der Waals surface area contributed by atoms with Crippen LogP contribution in [-0.2, 0) is 11.2 Å². The topological polar surface area (TPSA) is 52.9 Å². The van der Waals surface area contributed by atoms with Crippen molar-refractivity contribution >= 4 is 17.7 Å². The Hall–Kier alpha value is -2.08. The normalized spacial score (nSPS) is 13.7. The molecule has 3 heteroatoms. The standard InChI is InChI=1S/C12H10N2O/c13-6-2-1-3-9-4-5-10-8-12(15)14-11(10)7-9/h1,3-5,7H,2,8H2,(H,14,15). The molecule has 0 spiro atoms. The Morgan fingerprint density at radius 1 is 1.53 bits per heavy atom. The van der Waals surface area contributed by atoms with Crippen molar-refractivity contribution in [3.8, 4) is 6.07 Å². The molecule has 0 saturated carbocycles. The molecule has 1 heterocycles. The second-order valence-electron chi connectivity index (χ2n) is 3.41. The molecule has 15 heavy (non-hydrogen) atoms. The lowest BCUT2D eigenvalue weighted by molar-refractivity contribution is -0.115. The van der Waals surface area contributed by atoms with Gasteiger partial charge < -0.3 is 5.32 Å². The SMILES string of the molecule is N#CCC=Cc1ccc2c(c1)NC(=O)C2. The van der Waals surface area contributed by atoms with Gasteiger partial charge in [-0.05, 0) is 17.2 Å². The minimum absolute atomic E-state index is 0.0446. The molecule has 1 aromatic rings. The Kier molecular flexibility index (Phi) is 2.51. The van der Waals surface area contributed by atoms with Crippen LogP contribution in [0.2, 0.25) is 0 Å². The van der Waals surface area contributed by atoms with Crippen molar-refractivity contribution in [2.75, 3.05) is 5.32 Å². The minimum atomic E-state index is 0.0446. The highest BCUT2D eigenvalue weighted by atomic mass is 16.1. The Bertz CT molecular complexity index is 469. The first-order chi connectivity index (χ1) is 7.29. The van der Waals surface area contributed by atoms with E-state index in [-0.39, 0.29) is 5.91 Å². The fourth-order valence-corrected chi connectivity index (χ4v) is 1.58. The molecular weight excluding hydrogens is 188 g/mol. The molecule has 3 nitrogen and oxygen atoms in total. The molecule has 0 radical (unpaired) electrons. The van der Waals surface area contributed by atoms with Gasteiger partial charge in [0.05, 0.1) is 18.9 Å². The summed E-state index contributed by atoms with van der Waals surface area (Å²) in [5.74, 6) is 0.0446. The molecule has 0 atom stereocenters. The molecule has 74 valence electrons. The second kappa shape index (κ2) is 3.97. The zero-order valence-corrected chi connectivity index (χ0v) is 8.16. The Labute approximate surface area is 88.0 Å². The van der Waals surface area contributed by atoms with Gasteiger partial charge in [-0.25, -0.2) is 0 Å². The predicted molar refractivity (Wildman–Crippen MR) is 58.0 cm³/mol. The number of carbonyl (C=O) groups is 1. The number of anilines is 1. The van der Waals surface area contributed by atoms with Crippen LogP contribution < -0.4 is 5.32 Å². The van der Waals surface area contributed by atoms with Crippen molar-refractivity contribution in [3.05, 3.63) is 35.4 Å². The number of benzene rings is 1. The first-order valence-electron chi connectivity index (χ1n) is 4.76. The van der Waals surface area contributed by atoms with Gasteiger partial charge in [-0.3, -0.25) is 4.79 Å². The lowest BCUT2D eigenvalue weighted by Gasteiger charge is -1.99. The van der Waals surface area contributed by atoms with Gasteiger partial charge in [0.15, 0.2) is 0 Å². The Morgan fingerprint density at radius 3 is 3.20 bits per heavy atom. The van der Waals surface area contributed by atoms with Gasteiger partial charge in [0.25, 0.3) is 0 Å². The number of amides is 1. The second-order valence-corrected chi connectivity index (χ2v) is 3.41. The quantitative estimate of drug-likeness (QED) is 0.791. The van der Waals surface area contributed by atoms with Crippen LogP contribution in [0.4, 0.5) is 5.69 Å². The van der Waals surface area contributed by atoms with Crippen molar-refractivity contribution in [1.82, 2.24) is 0 Å². The molecule has 2 rings (SSSR count). The van der Waals surface area contributed by atoms with Crippen molar-refractivity contribution < 1.29 is 4.79 Å². The van der Waals surface area contributed by atoms with Crippen LogP contribution in [0.15, 0.2) is 24.3 Å². The van der Waals surface area contributed by atoms with Gasteiger partial charge in [-0.1, -0.05) is 24.3 Å². The number of nitrogens with one attached hydrogen (secondary N) is 1. The summed E-state index contributed by atoms with van der Waals surface area (Å²) >= 11 is 0. The molecule has 1 amide bonds. The van der Waals surface area contributed by atoms with E-state index in [1.165, 1.54) is 0 Å².